The van der Waals surface area contributed by atoms with E-state index >= 15 is 0 Å². The number of nitrogens with zero attached hydrogens (tertiary/aromatic N) is 3. The minimum atomic E-state index is -0.844. The standard InChI is InChI=1S/C12H21N3O2/c1-3-5-6-8-15-11(7-4-2)10(13-14-15)9-12(16)17/h3-9H2,1-2H3,(H,16,17). The molecule has 0 saturated carbocycles. The number of carboxylic acids is 1. The molecule has 0 unspecified atom stereocenters. The molecule has 1 N–H and O–H groups in total. The number of carboxylic acid groups (broad SMARTS) is 1. The van der Waals surface area contributed by atoms with Crippen LogP contribution in [0.15, 0.2) is 0 Å². The molecule has 5 heteroatoms. The van der Waals surface area contributed by atoms with E-state index in [0.29, 0.717) is 5.69 Å². The van der Waals surface area contributed by atoms with Gasteiger partial charge in [-0.2, -0.15) is 0 Å². The van der Waals surface area contributed by atoms with Crippen molar-refractivity contribution < 1.29 is 9.90 Å². The van der Waals surface area contributed by atoms with E-state index in [0.717, 1.165) is 31.5 Å². The van der Waals surface area contributed by atoms with Crippen LogP contribution in [0.3, 0.4) is 0 Å². The molecule has 0 spiro atoms. The van der Waals surface area contributed by atoms with Crippen LogP contribution in [0.1, 0.15) is 50.9 Å². The van der Waals surface area contributed by atoms with Crippen molar-refractivity contribution >= 4 is 5.97 Å². The van der Waals surface area contributed by atoms with E-state index in [2.05, 4.69) is 24.2 Å². The number of hydrogen-bond acceptors (Lipinski definition) is 3. The molecule has 5 nitrogen and oxygen atoms in total. The SMILES string of the molecule is CCCCCn1nnc(CC(=O)O)c1CCC. The summed E-state index contributed by atoms with van der Waals surface area (Å²) in [7, 11) is 0. The van der Waals surface area contributed by atoms with E-state index in [-0.39, 0.29) is 6.42 Å². The van der Waals surface area contributed by atoms with E-state index in [1.54, 1.807) is 0 Å². The normalized spacial score (nSPS) is 10.7. The maximum Gasteiger partial charge on any atom is 0.309 e. The summed E-state index contributed by atoms with van der Waals surface area (Å²) in [6.45, 7) is 5.08. The van der Waals surface area contributed by atoms with Crippen LogP contribution in [0.4, 0.5) is 0 Å². The Hall–Kier alpha value is -1.39. The maximum atomic E-state index is 10.7. The van der Waals surface area contributed by atoms with Gasteiger partial charge in [0.25, 0.3) is 0 Å². The molecular formula is C12H21N3O2. The van der Waals surface area contributed by atoms with Gasteiger partial charge in [0.2, 0.25) is 0 Å². The van der Waals surface area contributed by atoms with Crippen LogP contribution in [0, 0.1) is 0 Å². The number of aliphatic carboxylic acids is 1. The zero-order chi connectivity index (χ0) is 12.7. The summed E-state index contributed by atoms with van der Waals surface area (Å²) in [4.78, 5) is 10.7. The zero-order valence-corrected chi connectivity index (χ0v) is 10.6. The number of aromatic nitrogens is 3. The van der Waals surface area contributed by atoms with Gasteiger partial charge in [-0.3, -0.25) is 4.79 Å². The third-order valence-electron chi connectivity index (χ3n) is 2.70. The molecule has 1 aromatic rings. The molecule has 0 fully saturated rings. The monoisotopic (exact) mass is 239 g/mol. The quantitative estimate of drug-likeness (QED) is 0.705. The number of carbonyl (C=O) groups is 1. The van der Waals surface area contributed by atoms with Crippen molar-refractivity contribution in [2.45, 2.75) is 58.9 Å². The Morgan fingerprint density at radius 1 is 1.29 bits per heavy atom. The smallest absolute Gasteiger partial charge is 0.309 e. The minimum Gasteiger partial charge on any atom is -0.481 e. The highest BCUT2D eigenvalue weighted by molar-refractivity contribution is 5.69. The summed E-state index contributed by atoms with van der Waals surface area (Å²) in [6.07, 6.45) is 5.21. The van der Waals surface area contributed by atoms with Gasteiger partial charge >= 0.3 is 5.97 Å². The van der Waals surface area contributed by atoms with Gasteiger partial charge in [-0.1, -0.05) is 38.3 Å². The van der Waals surface area contributed by atoms with Crippen LogP contribution in [0.25, 0.3) is 0 Å². The van der Waals surface area contributed by atoms with Gasteiger partial charge in [0.1, 0.15) is 0 Å². The lowest BCUT2D eigenvalue weighted by molar-refractivity contribution is -0.136. The average molecular weight is 239 g/mol. The fourth-order valence-corrected chi connectivity index (χ4v) is 1.85. The van der Waals surface area contributed by atoms with Crippen molar-refractivity contribution in [1.29, 1.82) is 0 Å². The first-order valence-corrected chi connectivity index (χ1v) is 6.32. The van der Waals surface area contributed by atoms with E-state index in [1.807, 2.05) is 4.68 Å². The molecule has 1 rings (SSSR count). The second-order valence-corrected chi connectivity index (χ2v) is 4.23. The van der Waals surface area contributed by atoms with Gasteiger partial charge in [0.05, 0.1) is 17.8 Å². The first-order chi connectivity index (χ1) is 8.19. The highest BCUT2D eigenvalue weighted by atomic mass is 16.4. The fraction of sp³-hybridized carbons (Fsp3) is 0.750. The summed E-state index contributed by atoms with van der Waals surface area (Å²) >= 11 is 0. The highest BCUT2D eigenvalue weighted by Gasteiger charge is 2.14. The van der Waals surface area contributed by atoms with Crippen LogP contribution in [-0.4, -0.2) is 26.1 Å². The van der Waals surface area contributed by atoms with E-state index in [1.165, 1.54) is 12.8 Å². The van der Waals surface area contributed by atoms with Crippen molar-refractivity contribution in [1.82, 2.24) is 15.0 Å². The maximum absolute atomic E-state index is 10.7. The van der Waals surface area contributed by atoms with Crippen molar-refractivity contribution in [3.63, 3.8) is 0 Å². The summed E-state index contributed by atoms with van der Waals surface area (Å²) < 4.78 is 1.87. The van der Waals surface area contributed by atoms with Gasteiger partial charge in [-0.25, -0.2) is 4.68 Å². The lowest BCUT2D eigenvalue weighted by Crippen LogP contribution is -2.08. The van der Waals surface area contributed by atoms with E-state index in [4.69, 9.17) is 5.11 Å². The Labute approximate surface area is 102 Å². The van der Waals surface area contributed by atoms with Crippen LogP contribution >= 0.6 is 0 Å². The molecule has 17 heavy (non-hydrogen) atoms. The van der Waals surface area contributed by atoms with Crippen molar-refractivity contribution in [3.05, 3.63) is 11.4 Å². The molecule has 0 aliphatic carbocycles. The second kappa shape index (κ2) is 7.04. The minimum absolute atomic E-state index is 0.0247. The summed E-state index contributed by atoms with van der Waals surface area (Å²) in [5, 5.41) is 16.9. The van der Waals surface area contributed by atoms with Crippen LogP contribution in [-0.2, 0) is 24.2 Å². The topological polar surface area (TPSA) is 68.0 Å². The molecular weight excluding hydrogens is 218 g/mol. The van der Waals surface area contributed by atoms with Gasteiger partial charge in [0, 0.05) is 6.54 Å². The lowest BCUT2D eigenvalue weighted by Gasteiger charge is -2.06. The molecule has 1 heterocycles. The molecule has 1 aromatic heterocycles. The van der Waals surface area contributed by atoms with Crippen molar-refractivity contribution in [3.8, 4) is 0 Å². The van der Waals surface area contributed by atoms with Gasteiger partial charge < -0.3 is 5.11 Å². The summed E-state index contributed by atoms with van der Waals surface area (Å²) in [5.41, 5.74) is 1.61. The Bertz CT molecular complexity index is 361. The molecule has 0 atom stereocenters. The zero-order valence-electron chi connectivity index (χ0n) is 10.6. The number of hydrogen-bond donors (Lipinski definition) is 1. The van der Waals surface area contributed by atoms with Crippen molar-refractivity contribution in [2.24, 2.45) is 0 Å². The summed E-state index contributed by atoms with van der Waals surface area (Å²) in [6, 6.07) is 0. The Morgan fingerprint density at radius 3 is 2.65 bits per heavy atom. The molecule has 0 bridgehead atoms. The predicted molar refractivity (Wildman–Crippen MR) is 64.9 cm³/mol. The molecule has 96 valence electrons. The van der Waals surface area contributed by atoms with Crippen LogP contribution in [0.5, 0.6) is 0 Å². The largest absolute Gasteiger partial charge is 0.481 e. The fourth-order valence-electron chi connectivity index (χ4n) is 1.85. The Balaban J connectivity index is 2.74. The van der Waals surface area contributed by atoms with Crippen LogP contribution in [0.2, 0.25) is 0 Å². The second-order valence-electron chi connectivity index (χ2n) is 4.23. The van der Waals surface area contributed by atoms with Gasteiger partial charge in [0.15, 0.2) is 0 Å². The highest BCUT2D eigenvalue weighted by Crippen LogP contribution is 2.11. The third-order valence-corrected chi connectivity index (χ3v) is 2.70. The van der Waals surface area contributed by atoms with Crippen molar-refractivity contribution in [2.75, 3.05) is 0 Å². The summed E-state index contributed by atoms with van der Waals surface area (Å²) in [5.74, 6) is -0.844. The Morgan fingerprint density at radius 2 is 2.06 bits per heavy atom. The number of rotatable bonds is 8. The molecule has 0 aromatic carbocycles. The molecule has 0 aliphatic heterocycles. The average Bonchev–Trinajstić information content (AvgIpc) is 2.62. The molecule has 0 amide bonds. The number of aryl methyl sites for hydroxylation is 1. The first-order valence-electron chi connectivity index (χ1n) is 6.32. The van der Waals surface area contributed by atoms with E-state index in [9.17, 15) is 4.79 Å². The van der Waals surface area contributed by atoms with Gasteiger partial charge in [-0.15, -0.1) is 5.10 Å². The van der Waals surface area contributed by atoms with Gasteiger partial charge in [-0.05, 0) is 12.8 Å². The first kappa shape index (κ1) is 13.7. The molecule has 0 aliphatic rings. The predicted octanol–water partition coefficient (Wildman–Crippen LogP) is 2.05. The number of unbranched alkanes of at least 4 members (excludes halogenated alkanes) is 2. The van der Waals surface area contributed by atoms with Crippen LogP contribution < -0.4 is 0 Å². The molecule has 0 radical (unpaired) electrons. The third kappa shape index (κ3) is 4.17. The molecule has 0 saturated heterocycles. The lowest BCUT2D eigenvalue weighted by atomic mass is 10.1. The Kier molecular flexibility index (Phi) is 5.66. The van der Waals surface area contributed by atoms with E-state index < -0.39 is 5.97 Å².